The Hall–Kier alpha value is -1.66. The molecule has 0 unspecified atom stereocenters. The van der Waals surface area contributed by atoms with E-state index < -0.39 is 0 Å². The minimum absolute atomic E-state index is 0.329. The van der Waals surface area contributed by atoms with E-state index in [9.17, 15) is 0 Å². The Morgan fingerprint density at radius 3 is 2.82 bits per heavy atom. The smallest absolute Gasteiger partial charge is 0.240 e. The predicted molar refractivity (Wildman–Crippen MR) is 68.8 cm³/mol. The van der Waals surface area contributed by atoms with Crippen molar-refractivity contribution in [2.75, 3.05) is 5.43 Å². The van der Waals surface area contributed by atoms with E-state index >= 15 is 0 Å². The summed E-state index contributed by atoms with van der Waals surface area (Å²) in [6.07, 6.45) is 0. The number of nitrogens with one attached hydrogen (secondary N) is 1. The van der Waals surface area contributed by atoms with Gasteiger partial charge in [-0.3, -0.25) is 5.43 Å². The van der Waals surface area contributed by atoms with Crippen molar-refractivity contribution >= 4 is 21.9 Å². The lowest BCUT2D eigenvalue weighted by molar-refractivity contribution is 0.461. The average molecular weight is 295 g/mol. The van der Waals surface area contributed by atoms with E-state index in [0.29, 0.717) is 17.6 Å². The number of halogens is 1. The molecule has 17 heavy (non-hydrogen) atoms. The van der Waals surface area contributed by atoms with E-state index in [1.807, 2.05) is 31.2 Å². The molecule has 2 aromatic rings. The number of aromatic nitrogens is 2. The number of ether oxygens (including phenoxy) is 1. The Labute approximate surface area is 107 Å². The normalized spacial score (nSPS) is 10.1. The average Bonchev–Trinajstić information content (AvgIpc) is 2.28. The van der Waals surface area contributed by atoms with Gasteiger partial charge in [0.05, 0.1) is 0 Å². The molecule has 0 radical (unpaired) electrons. The van der Waals surface area contributed by atoms with Crippen molar-refractivity contribution in [1.29, 1.82) is 0 Å². The maximum Gasteiger partial charge on any atom is 0.240 e. The minimum atomic E-state index is 0.329. The second-order valence-electron chi connectivity index (χ2n) is 3.37. The van der Waals surface area contributed by atoms with Crippen LogP contribution in [0.4, 0.5) is 5.95 Å². The van der Waals surface area contributed by atoms with Gasteiger partial charge in [0.2, 0.25) is 11.8 Å². The molecule has 2 rings (SSSR count). The summed E-state index contributed by atoms with van der Waals surface area (Å²) in [5.74, 6) is 6.74. The lowest BCUT2D eigenvalue weighted by atomic mass is 10.3. The summed E-state index contributed by atoms with van der Waals surface area (Å²) in [4.78, 5) is 8.17. The zero-order valence-electron chi connectivity index (χ0n) is 9.14. The molecule has 3 N–H and O–H groups in total. The van der Waals surface area contributed by atoms with Crippen molar-refractivity contribution in [3.8, 4) is 11.6 Å². The Kier molecular flexibility index (Phi) is 3.55. The zero-order chi connectivity index (χ0) is 12.3. The molecule has 5 nitrogen and oxygen atoms in total. The topological polar surface area (TPSA) is 73.1 Å². The lowest BCUT2D eigenvalue weighted by Gasteiger charge is -2.07. The quantitative estimate of drug-likeness (QED) is 0.672. The summed E-state index contributed by atoms with van der Waals surface area (Å²) >= 11 is 3.37. The fourth-order valence-electron chi connectivity index (χ4n) is 1.31. The molecule has 0 bridgehead atoms. The van der Waals surface area contributed by atoms with Gasteiger partial charge in [-0.1, -0.05) is 22.0 Å². The minimum Gasteiger partial charge on any atom is -0.439 e. The molecular weight excluding hydrogens is 284 g/mol. The van der Waals surface area contributed by atoms with Gasteiger partial charge in [-0.2, -0.15) is 4.98 Å². The van der Waals surface area contributed by atoms with Crippen LogP contribution in [0.3, 0.4) is 0 Å². The van der Waals surface area contributed by atoms with E-state index in [1.54, 1.807) is 6.07 Å². The number of benzene rings is 1. The Morgan fingerprint density at radius 1 is 1.29 bits per heavy atom. The number of anilines is 1. The van der Waals surface area contributed by atoms with Crippen LogP contribution in [-0.4, -0.2) is 9.97 Å². The molecule has 0 aliphatic carbocycles. The van der Waals surface area contributed by atoms with Gasteiger partial charge in [0.25, 0.3) is 0 Å². The van der Waals surface area contributed by atoms with Gasteiger partial charge in [-0.25, -0.2) is 10.8 Å². The van der Waals surface area contributed by atoms with Crippen molar-refractivity contribution in [3.63, 3.8) is 0 Å². The van der Waals surface area contributed by atoms with Crippen molar-refractivity contribution in [2.24, 2.45) is 5.84 Å². The molecule has 0 aliphatic heterocycles. The second kappa shape index (κ2) is 5.11. The molecule has 0 spiro atoms. The molecule has 0 fully saturated rings. The maximum atomic E-state index is 5.61. The van der Waals surface area contributed by atoms with Crippen molar-refractivity contribution in [2.45, 2.75) is 6.92 Å². The first-order valence-electron chi connectivity index (χ1n) is 4.93. The maximum absolute atomic E-state index is 5.61. The fraction of sp³-hybridized carbons (Fsp3) is 0.0909. The Morgan fingerprint density at radius 2 is 2.12 bits per heavy atom. The van der Waals surface area contributed by atoms with Crippen LogP contribution >= 0.6 is 15.9 Å². The fourth-order valence-corrected chi connectivity index (χ4v) is 1.69. The van der Waals surface area contributed by atoms with Crippen LogP contribution in [0.1, 0.15) is 5.69 Å². The van der Waals surface area contributed by atoms with Gasteiger partial charge in [-0.15, -0.1) is 0 Å². The molecule has 1 aromatic heterocycles. The predicted octanol–water partition coefficient (Wildman–Crippen LogP) is 2.63. The molecule has 0 amide bonds. The highest BCUT2D eigenvalue weighted by atomic mass is 79.9. The van der Waals surface area contributed by atoms with Crippen LogP contribution < -0.4 is 16.0 Å². The molecule has 0 aliphatic rings. The van der Waals surface area contributed by atoms with Crippen LogP contribution in [-0.2, 0) is 0 Å². The van der Waals surface area contributed by atoms with E-state index in [2.05, 4.69) is 31.3 Å². The largest absolute Gasteiger partial charge is 0.439 e. The highest BCUT2D eigenvalue weighted by Crippen LogP contribution is 2.23. The number of hydrogen-bond acceptors (Lipinski definition) is 5. The van der Waals surface area contributed by atoms with Crippen LogP contribution in [0.5, 0.6) is 11.6 Å². The first-order chi connectivity index (χ1) is 8.17. The highest BCUT2D eigenvalue weighted by molar-refractivity contribution is 9.10. The zero-order valence-corrected chi connectivity index (χ0v) is 10.7. The van der Waals surface area contributed by atoms with E-state index in [0.717, 1.165) is 10.2 Å². The van der Waals surface area contributed by atoms with Crippen LogP contribution in [0, 0.1) is 6.92 Å². The summed E-state index contributed by atoms with van der Waals surface area (Å²) in [6.45, 7) is 1.84. The van der Waals surface area contributed by atoms with Crippen molar-refractivity contribution in [3.05, 3.63) is 40.5 Å². The molecule has 88 valence electrons. The lowest BCUT2D eigenvalue weighted by Crippen LogP contribution is -2.11. The first kappa shape index (κ1) is 11.8. The van der Waals surface area contributed by atoms with Gasteiger partial charge in [0.1, 0.15) is 5.75 Å². The summed E-state index contributed by atoms with van der Waals surface area (Å²) < 4.78 is 6.55. The van der Waals surface area contributed by atoms with Crippen LogP contribution in [0.2, 0.25) is 0 Å². The highest BCUT2D eigenvalue weighted by Gasteiger charge is 2.03. The summed E-state index contributed by atoms with van der Waals surface area (Å²) in [5, 5.41) is 0. The number of nitrogens with two attached hydrogens (primary N) is 1. The third-order valence-corrected chi connectivity index (χ3v) is 2.47. The third-order valence-electron chi connectivity index (χ3n) is 1.98. The van der Waals surface area contributed by atoms with Gasteiger partial charge >= 0.3 is 0 Å². The number of nitrogens with zero attached hydrogens (tertiary/aromatic N) is 2. The monoisotopic (exact) mass is 294 g/mol. The number of rotatable bonds is 3. The van der Waals surface area contributed by atoms with Crippen LogP contribution in [0.15, 0.2) is 34.8 Å². The van der Waals surface area contributed by atoms with E-state index in [-0.39, 0.29) is 0 Å². The summed E-state index contributed by atoms with van der Waals surface area (Å²) in [6, 6.07) is 9.24. The summed E-state index contributed by atoms with van der Waals surface area (Å²) in [7, 11) is 0. The first-order valence-corrected chi connectivity index (χ1v) is 5.72. The number of aryl methyl sites for hydroxylation is 1. The molecule has 0 saturated heterocycles. The van der Waals surface area contributed by atoms with E-state index in [1.165, 1.54) is 0 Å². The van der Waals surface area contributed by atoms with Gasteiger partial charge in [0, 0.05) is 16.2 Å². The van der Waals surface area contributed by atoms with Gasteiger partial charge in [-0.05, 0) is 25.1 Å². The number of hydrazine groups is 1. The number of nitrogen functional groups attached to an aromatic ring is 1. The molecular formula is C11H11BrN4O. The molecule has 0 atom stereocenters. The summed E-state index contributed by atoms with van der Waals surface area (Å²) in [5.41, 5.74) is 3.17. The molecule has 1 aromatic carbocycles. The molecule has 1 heterocycles. The van der Waals surface area contributed by atoms with Gasteiger partial charge < -0.3 is 4.74 Å². The second-order valence-corrected chi connectivity index (χ2v) is 4.29. The van der Waals surface area contributed by atoms with E-state index in [4.69, 9.17) is 10.6 Å². The molecule has 0 saturated carbocycles. The SMILES string of the molecule is Cc1cc(Oc2cccc(Br)c2)nc(NN)n1. The molecule has 6 heteroatoms. The van der Waals surface area contributed by atoms with Crippen LogP contribution in [0.25, 0.3) is 0 Å². The Balaban J connectivity index is 2.26. The standard InChI is InChI=1S/C11H11BrN4O/c1-7-5-10(15-11(14-7)16-13)17-9-4-2-3-8(12)6-9/h2-6H,13H2,1H3,(H,14,15,16). The van der Waals surface area contributed by atoms with Crippen molar-refractivity contribution in [1.82, 2.24) is 9.97 Å². The van der Waals surface area contributed by atoms with Crippen molar-refractivity contribution < 1.29 is 4.74 Å². The number of hydrogen-bond donors (Lipinski definition) is 2. The van der Waals surface area contributed by atoms with Gasteiger partial charge in [0.15, 0.2) is 0 Å². The third kappa shape index (κ3) is 3.15. The Bertz CT molecular complexity index is 533.